The van der Waals surface area contributed by atoms with E-state index in [1.807, 2.05) is 30.5 Å². The standard InChI is InChI=1S/C17H21N3O5S/c1-18-14(21)8-19-15(22)10-25-17(24)11-6-16(23)20(9-11)12-4-3-5-13(7-12)26-2/h3-5,7,11H,6,8-10H2,1-2H3,(H,18,21)(H,19,22)/t11-/m0/s1. The number of amides is 3. The Bertz CT molecular complexity index is 709. The summed E-state index contributed by atoms with van der Waals surface area (Å²) < 4.78 is 4.97. The Morgan fingerprint density at radius 3 is 2.77 bits per heavy atom. The van der Waals surface area contributed by atoms with Crippen LogP contribution in [0.15, 0.2) is 29.2 Å². The third-order valence-electron chi connectivity index (χ3n) is 3.89. The number of nitrogens with one attached hydrogen (secondary N) is 2. The van der Waals surface area contributed by atoms with Crippen molar-refractivity contribution in [3.63, 3.8) is 0 Å². The molecule has 0 bridgehead atoms. The Labute approximate surface area is 155 Å². The largest absolute Gasteiger partial charge is 0.455 e. The molecule has 0 spiro atoms. The first-order chi connectivity index (χ1) is 12.4. The number of nitrogens with zero attached hydrogens (tertiary/aromatic N) is 1. The topological polar surface area (TPSA) is 105 Å². The van der Waals surface area contributed by atoms with E-state index in [0.29, 0.717) is 0 Å². The highest BCUT2D eigenvalue weighted by Gasteiger charge is 2.36. The number of carbonyl (C=O) groups is 4. The summed E-state index contributed by atoms with van der Waals surface area (Å²) in [7, 11) is 1.45. The summed E-state index contributed by atoms with van der Waals surface area (Å²) in [5.74, 6) is -2.30. The molecule has 3 amide bonds. The Morgan fingerprint density at radius 2 is 2.08 bits per heavy atom. The lowest BCUT2D eigenvalue weighted by Gasteiger charge is -2.17. The van der Waals surface area contributed by atoms with E-state index >= 15 is 0 Å². The van der Waals surface area contributed by atoms with Gasteiger partial charge in [-0.05, 0) is 24.5 Å². The van der Waals surface area contributed by atoms with Crippen molar-refractivity contribution in [2.75, 3.05) is 37.9 Å². The van der Waals surface area contributed by atoms with Gasteiger partial charge in [0, 0.05) is 30.6 Å². The monoisotopic (exact) mass is 379 g/mol. The average molecular weight is 379 g/mol. The number of thioether (sulfide) groups is 1. The summed E-state index contributed by atoms with van der Waals surface area (Å²) in [5, 5.41) is 4.68. The quantitative estimate of drug-likeness (QED) is 0.517. The molecule has 0 aromatic heterocycles. The number of hydrogen-bond donors (Lipinski definition) is 2. The second kappa shape index (κ2) is 9.23. The van der Waals surface area contributed by atoms with Crippen molar-refractivity contribution in [3.8, 4) is 0 Å². The molecule has 2 rings (SSSR count). The second-order valence-electron chi connectivity index (χ2n) is 5.66. The summed E-state index contributed by atoms with van der Waals surface area (Å²) in [4.78, 5) is 49.5. The zero-order chi connectivity index (χ0) is 19.1. The van der Waals surface area contributed by atoms with E-state index in [2.05, 4.69) is 10.6 Å². The molecule has 1 aliphatic heterocycles. The van der Waals surface area contributed by atoms with Crippen molar-refractivity contribution in [1.29, 1.82) is 0 Å². The van der Waals surface area contributed by atoms with Crippen molar-refractivity contribution in [2.24, 2.45) is 5.92 Å². The fourth-order valence-corrected chi connectivity index (χ4v) is 2.92. The van der Waals surface area contributed by atoms with Gasteiger partial charge in [0.2, 0.25) is 11.8 Å². The summed E-state index contributed by atoms with van der Waals surface area (Å²) in [6.07, 6.45) is 1.99. The molecule has 0 unspecified atom stereocenters. The van der Waals surface area contributed by atoms with Crippen LogP contribution < -0.4 is 15.5 Å². The first-order valence-corrected chi connectivity index (χ1v) is 9.25. The molecule has 1 aromatic rings. The van der Waals surface area contributed by atoms with Crippen LogP contribution in [0.2, 0.25) is 0 Å². The van der Waals surface area contributed by atoms with E-state index in [-0.39, 0.29) is 31.3 Å². The zero-order valence-electron chi connectivity index (χ0n) is 14.6. The summed E-state index contributed by atoms with van der Waals surface area (Å²) in [6.45, 7) is -0.452. The van der Waals surface area contributed by atoms with Crippen LogP contribution in [0.3, 0.4) is 0 Å². The van der Waals surface area contributed by atoms with Gasteiger partial charge < -0.3 is 20.3 Å². The molecular formula is C17H21N3O5S. The third-order valence-corrected chi connectivity index (χ3v) is 4.62. The number of benzene rings is 1. The maximum absolute atomic E-state index is 12.2. The van der Waals surface area contributed by atoms with Crippen LogP contribution in [-0.2, 0) is 23.9 Å². The molecule has 26 heavy (non-hydrogen) atoms. The molecule has 0 aliphatic carbocycles. The number of esters is 1. The number of anilines is 1. The molecule has 1 aromatic carbocycles. The lowest BCUT2D eigenvalue weighted by Crippen LogP contribution is -2.37. The van der Waals surface area contributed by atoms with Gasteiger partial charge >= 0.3 is 5.97 Å². The Morgan fingerprint density at radius 1 is 1.31 bits per heavy atom. The minimum atomic E-state index is -0.618. The zero-order valence-corrected chi connectivity index (χ0v) is 15.4. The van der Waals surface area contributed by atoms with Crippen molar-refractivity contribution in [1.82, 2.24) is 10.6 Å². The summed E-state index contributed by atoms with van der Waals surface area (Å²) >= 11 is 1.57. The highest BCUT2D eigenvalue weighted by molar-refractivity contribution is 7.98. The van der Waals surface area contributed by atoms with Crippen LogP contribution in [-0.4, -0.2) is 56.7 Å². The molecule has 1 saturated heterocycles. The Kier molecular flexibility index (Phi) is 7.02. The third kappa shape index (κ3) is 5.22. The number of rotatable bonds is 7. The van der Waals surface area contributed by atoms with Crippen molar-refractivity contribution in [2.45, 2.75) is 11.3 Å². The molecular weight excluding hydrogens is 358 g/mol. The first kappa shape index (κ1) is 19.8. The van der Waals surface area contributed by atoms with E-state index in [9.17, 15) is 19.2 Å². The fourth-order valence-electron chi connectivity index (χ4n) is 2.47. The van der Waals surface area contributed by atoms with Gasteiger partial charge in [-0.25, -0.2) is 0 Å². The van der Waals surface area contributed by atoms with E-state index in [0.717, 1.165) is 10.6 Å². The smallest absolute Gasteiger partial charge is 0.311 e. The van der Waals surface area contributed by atoms with Gasteiger partial charge in [-0.3, -0.25) is 19.2 Å². The van der Waals surface area contributed by atoms with Gasteiger partial charge in [0.1, 0.15) is 0 Å². The lowest BCUT2D eigenvalue weighted by molar-refractivity contribution is -0.152. The molecule has 1 aliphatic rings. The van der Waals surface area contributed by atoms with Gasteiger partial charge in [-0.1, -0.05) is 6.07 Å². The second-order valence-corrected chi connectivity index (χ2v) is 6.54. The predicted octanol–water partition coefficient (Wildman–Crippen LogP) is 0.167. The highest BCUT2D eigenvalue weighted by atomic mass is 32.2. The first-order valence-electron chi connectivity index (χ1n) is 8.03. The highest BCUT2D eigenvalue weighted by Crippen LogP contribution is 2.28. The van der Waals surface area contributed by atoms with E-state index < -0.39 is 24.4 Å². The van der Waals surface area contributed by atoms with Gasteiger partial charge in [-0.2, -0.15) is 0 Å². The van der Waals surface area contributed by atoms with Crippen molar-refractivity contribution >= 4 is 41.1 Å². The Balaban J connectivity index is 1.86. The van der Waals surface area contributed by atoms with Gasteiger partial charge in [-0.15, -0.1) is 11.8 Å². The maximum atomic E-state index is 12.2. The molecule has 140 valence electrons. The van der Waals surface area contributed by atoms with Crippen LogP contribution in [0.25, 0.3) is 0 Å². The minimum absolute atomic E-state index is 0.0438. The van der Waals surface area contributed by atoms with Crippen LogP contribution in [0, 0.1) is 5.92 Å². The van der Waals surface area contributed by atoms with E-state index in [1.165, 1.54) is 7.05 Å². The van der Waals surface area contributed by atoms with Gasteiger partial charge in [0.15, 0.2) is 6.61 Å². The van der Waals surface area contributed by atoms with Crippen LogP contribution in [0.4, 0.5) is 5.69 Å². The Hall–Kier alpha value is -2.55. The lowest BCUT2D eigenvalue weighted by atomic mass is 10.1. The maximum Gasteiger partial charge on any atom is 0.311 e. The normalized spacial score (nSPS) is 16.3. The van der Waals surface area contributed by atoms with Gasteiger partial charge in [0.25, 0.3) is 5.91 Å². The molecule has 2 N–H and O–H groups in total. The molecule has 1 heterocycles. The van der Waals surface area contributed by atoms with Crippen LogP contribution in [0.5, 0.6) is 0 Å². The molecule has 0 saturated carbocycles. The average Bonchev–Trinajstić information content (AvgIpc) is 3.05. The number of hydrogen-bond acceptors (Lipinski definition) is 6. The molecule has 8 nitrogen and oxygen atoms in total. The molecule has 0 radical (unpaired) electrons. The number of carbonyl (C=O) groups excluding carboxylic acids is 4. The molecule has 1 atom stereocenters. The van der Waals surface area contributed by atoms with E-state index in [1.54, 1.807) is 16.7 Å². The summed E-state index contributed by atoms with van der Waals surface area (Å²) in [6, 6.07) is 7.51. The van der Waals surface area contributed by atoms with Crippen LogP contribution in [0.1, 0.15) is 6.42 Å². The van der Waals surface area contributed by atoms with E-state index in [4.69, 9.17) is 4.74 Å². The van der Waals surface area contributed by atoms with Crippen molar-refractivity contribution in [3.05, 3.63) is 24.3 Å². The van der Waals surface area contributed by atoms with Crippen LogP contribution >= 0.6 is 11.8 Å². The SMILES string of the molecule is CNC(=O)CNC(=O)COC(=O)[C@H]1CC(=O)N(c2cccc(SC)c2)C1. The fraction of sp³-hybridized carbons (Fsp3) is 0.412. The number of ether oxygens (including phenoxy) is 1. The summed E-state index contributed by atoms with van der Waals surface area (Å²) in [5.41, 5.74) is 0.737. The minimum Gasteiger partial charge on any atom is -0.455 e. The predicted molar refractivity (Wildman–Crippen MR) is 96.7 cm³/mol. The van der Waals surface area contributed by atoms with Crippen molar-refractivity contribution < 1.29 is 23.9 Å². The number of likely N-dealkylation sites (N-methyl/N-ethyl adjacent to an activating group) is 1. The molecule has 1 fully saturated rings. The molecule has 9 heteroatoms. The van der Waals surface area contributed by atoms with Gasteiger partial charge in [0.05, 0.1) is 12.5 Å².